The monoisotopic (exact) mass is 454 g/mol. The summed E-state index contributed by atoms with van der Waals surface area (Å²) in [6.45, 7) is 3.71. The van der Waals surface area contributed by atoms with Crippen LogP contribution in [0.1, 0.15) is 62.1 Å². The normalized spacial score (nSPS) is 12.3. The lowest BCUT2D eigenvalue weighted by atomic mass is 9.90. The number of nitrogens with one attached hydrogen (secondary N) is 2. The van der Waals surface area contributed by atoms with Crippen molar-refractivity contribution in [2.24, 2.45) is 5.92 Å². The van der Waals surface area contributed by atoms with Crippen LogP contribution >= 0.6 is 0 Å². The highest BCUT2D eigenvalue weighted by molar-refractivity contribution is 5.92. The van der Waals surface area contributed by atoms with Crippen molar-refractivity contribution in [3.8, 4) is 17.4 Å². The van der Waals surface area contributed by atoms with Gasteiger partial charge in [-0.2, -0.15) is 5.26 Å². The second kappa shape index (κ2) is 13.0. The van der Waals surface area contributed by atoms with E-state index in [1.165, 1.54) is 6.07 Å². The Morgan fingerprint density at radius 1 is 1.21 bits per heavy atom. The molecule has 0 spiro atoms. The minimum atomic E-state index is -0.646. The van der Waals surface area contributed by atoms with Gasteiger partial charge >= 0.3 is 0 Å². The molecule has 0 radical (unpaired) electrons. The van der Waals surface area contributed by atoms with Gasteiger partial charge in [-0.05, 0) is 37.1 Å². The van der Waals surface area contributed by atoms with E-state index >= 15 is 0 Å². The fourth-order valence-electron chi connectivity index (χ4n) is 3.63. The third-order valence-corrected chi connectivity index (χ3v) is 5.40. The van der Waals surface area contributed by atoms with Gasteiger partial charge in [0.1, 0.15) is 5.76 Å². The van der Waals surface area contributed by atoms with Crippen LogP contribution in [0.2, 0.25) is 0 Å². The molecule has 9 nitrogen and oxygen atoms in total. The molecule has 2 aromatic rings. The molecule has 2 rings (SSSR count). The van der Waals surface area contributed by atoms with Crippen LogP contribution in [0.15, 0.2) is 40.8 Å². The minimum Gasteiger partial charge on any atom is -0.451 e. The average molecular weight is 455 g/mol. The Morgan fingerprint density at radius 3 is 2.67 bits per heavy atom. The third-order valence-electron chi connectivity index (χ3n) is 5.40. The number of hydroxylamine groups is 2. The Bertz CT molecular complexity index is 981. The van der Waals surface area contributed by atoms with E-state index in [4.69, 9.17) is 9.68 Å². The number of rotatable bonds is 13. The second-order valence-corrected chi connectivity index (χ2v) is 7.64. The van der Waals surface area contributed by atoms with Gasteiger partial charge in [-0.15, -0.1) is 0 Å². The van der Waals surface area contributed by atoms with Crippen LogP contribution in [-0.2, 0) is 9.59 Å². The summed E-state index contributed by atoms with van der Waals surface area (Å²) in [5.41, 5.74) is 1.15. The maximum atomic E-state index is 12.8. The van der Waals surface area contributed by atoms with Crippen molar-refractivity contribution in [1.82, 2.24) is 15.7 Å². The van der Waals surface area contributed by atoms with Gasteiger partial charge in [-0.25, -0.2) is 5.06 Å². The minimum absolute atomic E-state index is 0.0648. The number of furan rings is 1. The van der Waals surface area contributed by atoms with Gasteiger partial charge in [-0.3, -0.25) is 19.6 Å². The first kappa shape index (κ1) is 25.6. The molecule has 0 fully saturated rings. The van der Waals surface area contributed by atoms with Crippen LogP contribution in [-0.4, -0.2) is 41.2 Å². The van der Waals surface area contributed by atoms with E-state index in [9.17, 15) is 19.6 Å². The third kappa shape index (κ3) is 7.19. The molecular formula is C24H30N4O5. The van der Waals surface area contributed by atoms with Gasteiger partial charge in [0.25, 0.3) is 5.91 Å². The van der Waals surface area contributed by atoms with Crippen LogP contribution in [0.25, 0.3) is 11.3 Å². The van der Waals surface area contributed by atoms with E-state index in [0.717, 1.165) is 19.3 Å². The van der Waals surface area contributed by atoms with E-state index in [0.29, 0.717) is 41.2 Å². The number of carbonyl (C=O) groups is 3. The van der Waals surface area contributed by atoms with E-state index < -0.39 is 17.9 Å². The lowest BCUT2D eigenvalue weighted by Crippen LogP contribution is -2.47. The molecule has 33 heavy (non-hydrogen) atoms. The molecule has 1 aromatic carbocycles. The maximum Gasteiger partial charge on any atom is 0.288 e. The highest BCUT2D eigenvalue weighted by Gasteiger charge is 2.30. The summed E-state index contributed by atoms with van der Waals surface area (Å²) in [6, 6.07) is 11.4. The Balaban J connectivity index is 1.97. The van der Waals surface area contributed by atoms with Crippen LogP contribution in [0, 0.1) is 17.2 Å². The number of nitrogens with zero attached hydrogens (tertiary/aromatic N) is 2. The molecule has 176 valence electrons. The lowest BCUT2D eigenvalue weighted by molar-refractivity contribution is -0.168. The van der Waals surface area contributed by atoms with Crippen molar-refractivity contribution in [2.75, 3.05) is 6.67 Å². The molecule has 0 unspecified atom stereocenters. The van der Waals surface area contributed by atoms with Crippen LogP contribution < -0.4 is 10.6 Å². The molecule has 9 heteroatoms. The summed E-state index contributed by atoms with van der Waals surface area (Å²) in [6.07, 6.45) is 3.92. The zero-order chi connectivity index (χ0) is 24.2. The fourth-order valence-corrected chi connectivity index (χ4v) is 3.63. The van der Waals surface area contributed by atoms with Crippen LogP contribution in [0.3, 0.4) is 0 Å². The molecule has 3 amide bonds. The first-order valence-electron chi connectivity index (χ1n) is 11.0. The predicted molar refractivity (Wildman–Crippen MR) is 121 cm³/mol. The fraction of sp³-hybridized carbons (Fsp3) is 0.417. The van der Waals surface area contributed by atoms with E-state index in [1.54, 1.807) is 37.3 Å². The van der Waals surface area contributed by atoms with E-state index in [2.05, 4.69) is 16.7 Å². The van der Waals surface area contributed by atoms with E-state index in [1.807, 2.05) is 6.92 Å². The van der Waals surface area contributed by atoms with Gasteiger partial charge in [0.05, 0.1) is 30.3 Å². The molecule has 0 aliphatic carbocycles. The SMILES string of the molecule is CCCCC[C@@H](C(=O)NCNC(=O)c1ccc(-c2cccc(C#N)c2)o1)[C@@H](CC)N(O)C=O. The van der Waals surface area contributed by atoms with Crippen molar-refractivity contribution >= 4 is 18.2 Å². The van der Waals surface area contributed by atoms with Crippen LogP contribution in [0.5, 0.6) is 0 Å². The van der Waals surface area contributed by atoms with Gasteiger partial charge < -0.3 is 15.1 Å². The summed E-state index contributed by atoms with van der Waals surface area (Å²) in [5, 5.41) is 24.7. The summed E-state index contributed by atoms with van der Waals surface area (Å²) in [4.78, 5) is 36.2. The standard InChI is InChI=1S/C24H30N4O5/c1-3-5-6-10-19(20(4-2)28(32)16-29)23(30)26-15-27-24(31)22-12-11-21(33-22)18-9-7-8-17(13-18)14-25/h7-9,11-13,16,19-20,32H,3-6,10,15H2,1-2H3,(H,26,30)(H,27,31)/t19-,20-/m1/s1. The smallest absolute Gasteiger partial charge is 0.288 e. The molecular weight excluding hydrogens is 424 g/mol. The maximum absolute atomic E-state index is 12.8. The molecule has 0 bridgehead atoms. The molecule has 1 heterocycles. The molecule has 0 aliphatic rings. The topological polar surface area (TPSA) is 136 Å². The Morgan fingerprint density at radius 2 is 2.00 bits per heavy atom. The summed E-state index contributed by atoms with van der Waals surface area (Å²) < 4.78 is 5.59. The lowest BCUT2D eigenvalue weighted by Gasteiger charge is -2.29. The Labute approximate surface area is 193 Å². The van der Waals surface area contributed by atoms with Crippen LogP contribution in [0.4, 0.5) is 0 Å². The molecule has 3 N–H and O–H groups in total. The van der Waals surface area contributed by atoms with Crippen molar-refractivity contribution < 1.29 is 24.0 Å². The van der Waals surface area contributed by atoms with Crippen molar-refractivity contribution in [2.45, 2.75) is 52.0 Å². The molecule has 2 atom stereocenters. The first-order chi connectivity index (χ1) is 15.9. The number of amides is 3. The van der Waals surface area contributed by atoms with Gasteiger partial charge in [0.15, 0.2) is 5.76 Å². The zero-order valence-corrected chi connectivity index (χ0v) is 18.9. The highest BCUT2D eigenvalue weighted by atomic mass is 16.5. The largest absolute Gasteiger partial charge is 0.451 e. The van der Waals surface area contributed by atoms with Crippen molar-refractivity contribution in [3.05, 3.63) is 47.7 Å². The Hall–Kier alpha value is -3.64. The van der Waals surface area contributed by atoms with Crippen molar-refractivity contribution in [1.29, 1.82) is 5.26 Å². The zero-order valence-electron chi connectivity index (χ0n) is 18.9. The summed E-state index contributed by atoms with van der Waals surface area (Å²) in [5.74, 6) is -0.955. The number of nitriles is 1. The van der Waals surface area contributed by atoms with Crippen molar-refractivity contribution in [3.63, 3.8) is 0 Å². The number of hydrogen-bond acceptors (Lipinski definition) is 6. The van der Waals surface area contributed by atoms with Gasteiger partial charge in [0, 0.05) is 5.56 Å². The predicted octanol–water partition coefficient (Wildman–Crippen LogP) is 3.44. The number of hydrogen-bond donors (Lipinski definition) is 3. The molecule has 0 aliphatic heterocycles. The summed E-state index contributed by atoms with van der Waals surface area (Å²) >= 11 is 0. The first-order valence-corrected chi connectivity index (χ1v) is 11.0. The quantitative estimate of drug-likeness (QED) is 0.139. The number of carbonyl (C=O) groups excluding carboxylic acids is 3. The van der Waals surface area contributed by atoms with Gasteiger partial charge in [0.2, 0.25) is 12.3 Å². The van der Waals surface area contributed by atoms with Gasteiger partial charge in [-0.1, -0.05) is 45.2 Å². The van der Waals surface area contributed by atoms with E-state index in [-0.39, 0.29) is 18.3 Å². The molecule has 1 aromatic heterocycles. The molecule has 0 saturated heterocycles. The number of unbranched alkanes of at least 4 members (excludes halogenated alkanes) is 2. The average Bonchev–Trinajstić information content (AvgIpc) is 3.33. The Kier molecular flexibility index (Phi) is 10.1. The number of benzene rings is 1. The summed E-state index contributed by atoms with van der Waals surface area (Å²) in [7, 11) is 0. The highest BCUT2D eigenvalue weighted by Crippen LogP contribution is 2.23. The second-order valence-electron chi connectivity index (χ2n) is 7.64. The molecule has 0 saturated carbocycles.